The largest absolute Gasteiger partial charge is 0.974 e. The highest BCUT2D eigenvalue weighted by atomic mass is 28.4. The quantitative estimate of drug-likeness (QED) is 0.111. The average Bonchev–Trinajstić information content (AvgIpc) is 3.07. The molecule has 0 radical (unpaired) electrons. The van der Waals surface area contributed by atoms with Crippen LogP contribution in [0.25, 0.3) is 0 Å². The van der Waals surface area contributed by atoms with Crippen LogP contribution in [0, 0.1) is 0 Å². The summed E-state index contributed by atoms with van der Waals surface area (Å²) in [5, 5.41) is 0. The smallest absolute Gasteiger partial charge is 0.508 e. The summed E-state index contributed by atoms with van der Waals surface area (Å²) >= 11 is 0. The van der Waals surface area contributed by atoms with Crippen molar-refractivity contribution in [2.24, 2.45) is 0 Å². The Balaban J connectivity index is 0.000000292. The summed E-state index contributed by atoms with van der Waals surface area (Å²) in [7, 11) is -7.70. The van der Waals surface area contributed by atoms with Crippen LogP contribution >= 0.6 is 0 Å². The van der Waals surface area contributed by atoms with Gasteiger partial charge in [0.2, 0.25) is 0 Å². The minimum atomic E-state index is -4.45. The van der Waals surface area contributed by atoms with E-state index < -0.39 is 46.9 Å². The van der Waals surface area contributed by atoms with Crippen molar-refractivity contribution in [1.29, 1.82) is 0 Å². The van der Waals surface area contributed by atoms with E-state index in [4.69, 9.17) is 18.3 Å². The van der Waals surface area contributed by atoms with Crippen molar-refractivity contribution in [2.45, 2.75) is 58.4 Å². The van der Waals surface area contributed by atoms with Crippen LogP contribution in [0.4, 0.5) is 0 Å². The van der Waals surface area contributed by atoms with Crippen molar-refractivity contribution in [2.75, 3.05) is 0 Å². The highest BCUT2D eigenvalue weighted by Crippen LogP contribution is 2.43. The van der Waals surface area contributed by atoms with Gasteiger partial charge in [-0.3, -0.25) is 19.2 Å². The van der Waals surface area contributed by atoms with Gasteiger partial charge in [-0.15, -0.1) is 0 Å². The van der Waals surface area contributed by atoms with E-state index in [1.807, 2.05) is 121 Å². The van der Waals surface area contributed by atoms with Crippen molar-refractivity contribution < 1.29 is 55.2 Å². The lowest BCUT2D eigenvalue weighted by atomic mass is 10.2. The fourth-order valence-electron chi connectivity index (χ4n) is 5.20. The van der Waals surface area contributed by atoms with Gasteiger partial charge in [0, 0.05) is 40.2 Å². The van der Waals surface area contributed by atoms with Gasteiger partial charge in [-0.25, -0.2) is 0 Å². The lowest BCUT2D eigenvalue weighted by molar-refractivity contribution is -0.160. The summed E-state index contributed by atoms with van der Waals surface area (Å²) in [6, 6.07) is 40.1. The predicted molar refractivity (Wildman–Crippen MR) is 188 cm³/mol. The molecule has 5 rings (SSSR count). The molecule has 14 heteroatoms. The SMILES string of the molecule is CC(=O)O[Si](OC(C)=O)(OC(C)=O)OC(C)=O.c1ccc(OC2(Oc3ccccc3)CCCC[Si]2(Oc2ccccc2)Oc2ccccc2)cc1. The first-order valence-electron chi connectivity index (χ1n) is 16.2. The van der Waals surface area contributed by atoms with Gasteiger partial charge < -0.3 is 36.0 Å². The fourth-order valence-corrected chi connectivity index (χ4v) is 10.6. The molecule has 0 amide bonds. The normalized spacial score (nSPS) is 14.2. The summed E-state index contributed by atoms with van der Waals surface area (Å²) in [5.41, 5.74) is -1.10. The third kappa shape index (κ3) is 11.2. The minimum absolute atomic E-state index is 0.655. The van der Waals surface area contributed by atoms with Crippen LogP contribution in [-0.4, -0.2) is 46.9 Å². The molecule has 0 bridgehead atoms. The molecule has 1 saturated heterocycles. The van der Waals surface area contributed by atoms with E-state index in [2.05, 4.69) is 17.7 Å². The molecule has 4 aromatic carbocycles. The first-order valence-corrected chi connectivity index (χ1v) is 19.8. The first-order chi connectivity index (χ1) is 24.4. The molecule has 0 atom stereocenters. The summed E-state index contributed by atoms with van der Waals surface area (Å²) in [6.07, 6.45) is 2.58. The van der Waals surface area contributed by atoms with Gasteiger partial charge in [0.25, 0.3) is 23.9 Å². The van der Waals surface area contributed by atoms with Gasteiger partial charge in [0.05, 0.1) is 0 Å². The van der Waals surface area contributed by atoms with Crippen LogP contribution in [0.15, 0.2) is 121 Å². The minimum Gasteiger partial charge on any atom is -0.508 e. The zero-order valence-electron chi connectivity index (χ0n) is 28.8. The second-order valence-corrected chi connectivity index (χ2v) is 16.2. The molecule has 51 heavy (non-hydrogen) atoms. The summed E-state index contributed by atoms with van der Waals surface area (Å²) < 4.78 is 45.5. The number of carbonyl (C=O) groups excluding carboxylic acids is 4. The summed E-state index contributed by atoms with van der Waals surface area (Å²) in [5.74, 6) is -0.702. The van der Waals surface area contributed by atoms with E-state index in [-0.39, 0.29) is 0 Å². The maximum absolute atomic E-state index is 10.8. The lowest BCUT2D eigenvalue weighted by Crippen LogP contribution is -2.74. The van der Waals surface area contributed by atoms with E-state index >= 15 is 0 Å². The molecule has 1 fully saturated rings. The van der Waals surface area contributed by atoms with E-state index in [0.29, 0.717) is 6.42 Å². The monoisotopic (exact) mass is 732 g/mol. The maximum Gasteiger partial charge on any atom is 0.974 e. The van der Waals surface area contributed by atoms with Crippen LogP contribution in [0.1, 0.15) is 47.0 Å². The third-order valence-corrected chi connectivity index (χ3v) is 12.9. The molecule has 4 aromatic rings. The Hall–Kier alpha value is -5.61. The van der Waals surface area contributed by atoms with Crippen LogP contribution in [0.2, 0.25) is 6.04 Å². The molecule has 1 heterocycles. The zero-order valence-corrected chi connectivity index (χ0v) is 30.8. The molecule has 268 valence electrons. The Labute approximate surface area is 298 Å². The van der Waals surface area contributed by atoms with Gasteiger partial charge in [-0.05, 0) is 61.4 Å². The van der Waals surface area contributed by atoms with Crippen LogP contribution in [0.3, 0.4) is 0 Å². The molecule has 12 nitrogen and oxygen atoms in total. The molecule has 1 aliphatic heterocycles. The number of hydrogen-bond donors (Lipinski definition) is 0. The van der Waals surface area contributed by atoms with E-state index in [0.717, 1.165) is 69.6 Å². The predicted octanol–water partition coefficient (Wildman–Crippen LogP) is 6.84. The van der Waals surface area contributed by atoms with Crippen molar-refractivity contribution in [3.05, 3.63) is 121 Å². The van der Waals surface area contributed by atoms with E-state index in [1.54, 1.807) is 0 Å². The first kappa shape index (κ1) is 38.2. The molecule has 0 N–H and O–H groups in total. The highest BCUT2D eigenvalue weighted by Gasteiger charge is 2.69. The fraction of sp³-hybridized carbons (Fsp3) is 0.243. The molecule has 0 unspecified atom stereocenters. The van der Waals surface area contributed by atoms with Gasteiger partial charge >= 0.3 is 23.0 Å². The average molecular weight is 733 g/mol. The Bertz CT molecular complexity index is 1480. The Morgan fingerprint density at radius 3 is 1.12 bits per heavy atom. The van der Waals surface area contributed by atoms with Gasteiger partial charge in [0.1, 0.15) is 23.0 Å². The van der Waals surface area contributed by atoms with Crippen molar-refractivity contribution in [1.82, 2.24) is 0 Å². The number of hydrogen-bond acceptors (Lipinski definition) is 12. The standard InChI is InChI=1S/C29H28O4Si.C8H12O8Si/c1-5-15-25(16-6-1)30-29(31-26-17-7-2-8-18-26)23-13-14-24-34(29,32-27-19-9-3-10-20-27)33-28-21-11-4-12-22-28;1-5(9)13-17(14-6(2)10,15-7(3)11)16-8(4)12/h1-12,15-22H,13-14,23-24H2;1-4H3. The highest BCUT2D eigenvalue weighted by molar-refractivity contribution is 6.72. The number of para-hydroxylation sites is 4. The Morgan fingerprint density at radius 2 is 0.804 bits per heavy atom. The second kappa shape index (κ2) is 17.9. The van der Waals surface area contributed by atoms with E-state index in [9.17, 15) is 19.2 Å². The molecular formula is C37H40O12Si2. The Morgan fingerprint density at radius 1 is 0.490 bits per heavy atom. The molecule has 0 spiro atoms. The van der Waals surface area contributed by atoms with E-state index in [1.165, 1.54) is 0 Å². The Kier molecular flexibility index (Phi) is 13.4. The third-order valence-electron chi connectivity index (χ3n) is 7.02. The van der Waals surface area contributed by atoms with Crippen LogP contribution in [-0.2, 0) is 36.9 Å². The van der Waals surface area contributed by atoms with Gasteiger partial charge in [0.15, 0.2) is 0 Å². The molecule has 0 aromatic heterocycles. The zero-order chi connectivity index (χ0) is 36.7. The van der Waals surface area contributed by atoms with Crippen molar-refractivity contribution in [3.8, 4) is 23.0 Å². The number of carbonyl (C=O) groups is 4. The topological polar surface area (TPSA) is 142 Å². The number of ether oxygens (including phenoxy) is 2. The molecule has 1 aliphatic rings. The number of rotatable bonds is 12. The lowest BCUT2D eigenvalue weighted by Gasteiger charge is -2.47. The van der Waals surface area contributed by atoms with Crippen LogP contribution < -0.4 is 18.3 Å². The van der Waals surface area contributed by atoms with Crippen molar-refractivity contribution in [3.63, 3.8) is 0 Å². The summed E-state index contributed by atoms with van der Waals surface area (Å²) in [4.78, 5) is 43.4. The van der Waals surface area contributed by atoms with Gasteiger partial charge in [-0.1, -0.05) is 72.8 Å². The summed E-state index contributed by atoms with van der Waals surface area (Å²) in [6.45, 7) is 3.94. The maximum atomic E-state index is 10.8. The number of benzene rings is 4. The second-order valence-electron chi connectivity index (χ2n) is 11.2. The van der Waals surface area contributed by atoms with Crippen LogP contribution in [0.5, 0.6) is 23.0 Å². The van der Waals surface area contributed by atoms with Gasteiger partial charge in [-0.2, -0.15) is 0 Å². The van der Waals surface area contributed by atoms with Crippen molar-refractivity contribution >= 4 is 41.5 Å². The molecular weight excluding hydrogens is 693 g/mol. The molecule has 0 aliphatic carbocycles. The molecule has 0 saturated carbocycles.